The number of hydrogen-bond acceptors (Lipinski definition) is 6. The van der Waals surface area contributed by atoms with Crippen LogP contribution in [0.3, 0.4) is 0 Å². The van der Waals surface area contributed by atoms with E-state index >= 15 is 0 Å². The first-order chi connectivity index (χ1) is 22.7. The summed E-state index contributed by atoms with van der Waals surface area (Å²) in [5.74, 6) is -0.819. The Kier molecular flexibility index (Phi) is 10.4. The molecule has 1 aliphatic carbocycles. The second-order valence-electron chi connectivity index (χ2n) is 14.7. The van der Waals surface area contributed by atoms with Gasteiger partial charge in [0.15, 0.2) is 0 Å². The van der Waals surface area contributed by atoms with Crippen LogP contribution in [0, 0.1) is 0 Å². The van der Waals surface area contributed by atoms with E-state index < -0.39 is 37.8 Å². The van der Waals surface area contributed by atoms with Gasteiger partial charge in [0.2, 0.25) is 11.8 Å². The van der Waals surface area contributed by atoms with Crippen LogP contribution in [0.1, 0.15) is 66.7 Å². The van der Waals surface area contributed by atoms with Crippen molar-refractivity contribution in [1.82, 2.24) is 15.5 Å². The number of aryl methyl sites for hydroxylation is 1. The molecular formula is C38H47N3O6Si. The Morgan fingerprint density at radius 2 is 1.58 bits per heavy atom. The van der Waals surface area contributed by atoms with Crippen LogP contribution in [0.4, 0.5) is 4.79 Å². The number of carbonyl (C=O) groups excluding carboxylic acids is 4. The minimum Gasteiger partial charge on any atom is -0.465 e. The quantitative estimate of drug-likeness (QED) is 0.217. The van der Waals surface area contributed by atoms with Gasteiger partial charge in [0.05, 0.1) is 26.8 Å². The number of benzene rings is 3. The van der Waals surface area contributed by atoms with Crippen molar-refractivity contribution < 1.29 is 28.7 Å². The second kappa shape index (κ2) is 14.4. The van der Waals surface area contributed by atoms with E-state index in [4.69, 9.17) is 9.47 Å². The zero-order valence-electron chi connectivity index (χ0n) is 28.8. The molecule has 0 saturated carbocycles. The van der Waals surface area contributed by atoms with Gasteiger partial charge < -0.3 is 25.0 Å². The van der Waals surface area contributed by atoms with Gasteiger partial charge in [-0.1, -0.05) is 73.8 Å². The lowest BCUT2D eigenvalue weighted by atomic mass is 9.87. The predicted octanol–water partition coefficient (Wildman–Crippen LogP) is 6.23. The number of esters is 1. The van der Waals surface area contributed by atoms with E-state index in [-0.39, 0.29) is 24.3 Å². The highest BCUT2D eigenvalue weighted by atomic mass is 28.3. The zero-order valence-corrected chi connectivity index (χ0v) is 29.8. The molecule has 1 heterocycles. The summed E-state index contributed by atoms with van der Waals surface area (Å²) in [7, 11) is -0.583. The Morgan fingerprint density at radius 3 is 2.23 bits per heavy atom. The Balaban J connectivity index is 1.36. The highest BCUT2D eigenvalue weighted by Gasteiger charge is 2.47. The van der Waals surface area contributed by atoms with E-state index in [0.717, 1.165) is 41.5 Å². The van der Waals surface area contributed by atoms with E-state index in [1.165, 1.54) is 12.7 Å². The monoisotopic (exact) mass is 669 g/mol. The van der Waals surface area contributed by atoms with E-state index in [9.17, 15) is 19.2 Å². The third-order valence-electron chi connectivity index (χ3n) is 9.01. The highest BCUT2D eigenvalue weighted by molar-refractivity contribution is 6.79. The molecule has 3 aromatic rings. The maximum absolute atomic E-state index is 14.4. The molecule has 3 atom stereocenters. The van der Waals surface area contributed by atoms with Crippen molar-refractivity contribution in [3.63, 3.8) is 0 Å². The fourth-order valence-corrected chi connectivity index (χ4v) is 9.62. The lowest BCUT2D eigenvalue weighted by Gasteiger charge is -2.32. The largest absolute Gasteiger partial charge is 0.465 e. The topological polar surface area (TPSA) is 114 Å². The number of nitrogens with one attached hydrogen (secondary N) is 2. The fraction of sp³-hybridized carbons (Fsp3) is 0.421. The Morgan fingerprint density at radius 1 is 0.938 bits per heavy atom. The number of fused-ring (bicyclic) bond motifs is 1. The number of methoxy groups -OCH3 is 1. The molecule has 0 aromatic heterocycles. The number of amides is 3. The number of hydrogen-bond donors (Lipinski definition) is 2. The third-order valence-corrected chi connectivity index (χ3v) is 11.7. The smallest absolute Gasteiger partial charge is 0.408 e. The molecule has 3 amide bonds. The predicted molar refractivity (Wildman–Crippen MR) is 188 cm³/mol. The molecule has 254 valence electrons. The summed E-state index contributed by atoms with van der Waals surface area (Å²) in [6, 6.07) is 22.2. The van der Waals surface area contributed by atoms with Crippen molar-refractivity contribution in [3.8, 4) is 11.1 Å². The summed E-state index contributed by atoms with van der Waals surface area (Å²) < 4.78 is 10.3. The summed E-state index contributed by atoms with van der Waals surface area (Å²) in [4.78, 5) is 54.9. The number of nitrogens with zero attached hydrogens (tertiary/aromatic N) is 1. The van der Waals surface area contributed by atoms with Gasteiger partial charge in [-0.25, -0.2) is 9.59 Å². The van der Waals surface area contributed by atoms with Gasteiger partial charge in [-0.15, -0.1) is 0 Å². The van der Waals surface area contributed by atoms with Gasteiger partial charge in [0, 0.05) is 12.6 Å². The summed E-state index contributed by atoms with van der Waals surface area (Å²) in [6.45, 7) is 9.72. The first kappa shape index (κ1) is 34.9. The summed E-state index contributed by atoms with van der Waals surface area (Å²) >= 11 is 0. The van der Waals surface area contributed by atoms with Crippen molar-refractivity contribution in [2.75, 3.05) is 13.3 Å². The van der Waals surface area contributed by atoms with E-state index in [1.807, 2.05) is 48.5 Å². The summed E-state index contributed by atoms with van der Waals surface area (Å²) in [6.07, 6.45) is 2.92. The van der Waals surface area contributed by atoms with Crippen LogP contribution >= 0.6 is 0 Å². The number of carbonyl (C=O) groups is 4. The van der Waals surface area contributed by atoms with Crippen LogP contribution < -0.4 is 10.6 Å². The minimum absolute atomic E-state index is 0.0874. The molecule has 5 rings (SSSR count). The molecule has 48 heavy (non-hydrogen) atoms. The molecule has 0 spiro atoms. The van der Waals surface area contributed by atoms with Gasteiger partial charge in [-0.05, 0) is 86.0 Å². The van der Waals surface area contributed by atoms with E-state index in [1.54, 1.807) is 37.8 Å². The van der Waals surface area contributed by atoms with Crippen LogP contribution in [0.5, 0.6) is 0 Å². The van der Waals surface area contributed by atoms with Gasteiger partial charge in [0.25, 0.3) is 0 Å². The maximum atomic E-state index is 14.4. The number of rotatable bonds is 8. The normalized spacial score (nSPS) is 19.1. The molecule has 1 saturated heterocycles. The molecular weight excluding hydrogens is 623 g/mol. The van der Waals surface area contributed by atoms with Crippen molar-refractivity contribution >= 4 is 32.0 Å². The van der Waals surface area contributed by atoms with E-state index in [2.05, 4.69) is 35.9 Å². The Bertz CT molecular complexity index is 1650. The average molecular weight is 670 g/mol. The first-order valence-electron chi connectivity index (χ1n) is 16.7. The standard InChI is InChI=1S/C38H47N3O6Si/c1-38(2,3)47-37(45)40-32(22-25-14-16-26(17-15-25)27-18-20-29(21-19-27)36(44)46-4)35(43)41-24-48(5,6)23-33(41)34(42)39-31-13-9-11-28-10-7-8-12-30(28)31/h7-8,10,12,14-21,31-33H,9,11,13,22-24H2,1-6H3,(H,39,42)(H,40,45)/t31-,32+,33+/m1/s1. The molecule has 1 fully saturated rings. The van der Waals surface area contributed by atoms with Crippen LogP contribution in [0.25, 0.3) is 11.1 Å². The molecule has 2 N–H and O–H groups in total. The molecule has 0 radical (unpaired) electrons. The first-order valence-corrected chi connectivity index (χ1v) is 20.1. The molecule has 2 aliphatic rings. The van der Waals surface area contributed by atoms with E-state index in [0.29, 0.717) is 17.8 Å². The molecule has 3 aromatic carbocycles. The Hall–Kier alpha value is -4.44. The van der Waals surface area contributed by atoms with Crippen molar-refractivity contribution in [1.29, 1.82) is 0 Å². The van der Waals surface area contributed by atoms with Crippen LogP contribution in [0.2, 0.25) is 19.1 Å². The van der Waals surface area contributed by atoms with Gasteiger partial charge in [-0.2, -0.15) is 0 Å². The maximum Gasteiger partial charge on any atom is 0.408 e. The molecule has 0 unspecified atom stereocenters. The van der Waals surface area contributed by atoms with Gasteiger partial charge >= 0.3 is 12.1 Å². The molecule has 0 bridgehead atoms. The SMILES string of the molecule is COC(=O)c1ccc(-c2ccc(C[C@H](NC(=O)OC(C)(C)C)C(=O)N3C[Si](C)(C)C[C@H]3C(=O)N[C@@H]3CCCc4ccccc43)cc2)cc1. The summed E-state index contributed by atoms with van der Waals surface area (Å²) in [5.41, 5.74) is 4.83. The Labute approximate surface area is 284 Å². The minimum atomic E-state index is -1.93. The molecule has 1 aliphatic heterocycles. The zero-order chi connectivity index (χ0) is 34.6. The van der Waals surface area contributed by atoms with Crippen molar-refractivity contribution in [3.05, 3.63) is 95.1 Å². The third kappa shape index (κ3) is 8.52. The van der Waals surface area contributed by atoms with Crippen molar-refractivity contribution in [2.24, 2.45) is 0 Å². The lowest BCUT2D eigenvalue weighted by molar-refractivity contribution is -0.140. The summed E-state index contributed by atoms with van der Waals surface area (Å²) in [5, 5.41) is 6.12. The van der Waals surface area contributed by atoms with Gasteiger partial charge in [-0.3, -0.25) is 9.59 Å². The lowest BCUT2D eigenvalue weighted by Crippen LogP contribution is -2.55. The number of ether oxygens (including phenoxy) is 2. The van der Waals surface area contributed by atoms with Crippen molar-refractivity contribution in [2.45, 2.75) is 89.3 Å². The highest BCUT2D eigenvalue weighted by Crippen LogP contribution is 2.32. The second-order valence-corrected chi connectivity index (χ2v) is 19.7. The number of alkyl carbamates (subject to hydrolysis) is 1. The van der Waals surface area contributed by atoms with Crippen LogP contribution in [0.15, 0.2) is 72.8 Å². The van der Waals surface area contributed by atoms with Gasteiger partial charge in [0.1, 0.15) is 17.7 Å². The van der Waals surface area contributed by atoms with Crippen LogP contribution in [-0.4, -0.2) is 67.8 Å². The molecule has 9 nitrogen and oxygen atoms in total. The van der Waals surface area contributed by atoms with Crippen LogP contribution in [-0.2, 0) is 31.9 Å². The fourth-order valence-electron chi connectivity index (χ4n) is 6.74. The average Bonchev–Trinajstić information content (AvgIpc) is 3.39. The molecule has 10 heteroatoms.